The van der Waals surface area contributed by atoms with E-state index in [0.29, 0.717) is 0 Å². The van der Waals surface area contributed by atoms with Gasteiger partial charge >= 0.3 is 5.37 Å². The Morgan fingerprint density at radius 1 is 1.13 bits per heavy atom. The Bertz CT molecular complexity index is 554. The quantitative estimate of drug-likeness (QED) is 0.601. The lowest BCUT2D eigenvalue weighted by atomic mass is 10.4. The van der Waals surface area contributed by atoms with Gasteiger partial charge in [-0.05, 0) is 12.1 Å². The molecule has 2 N–H and O–H groups in total. The maximum Gasteiger partial charge on any atom is 0.332 e. The van der Waals surface area contributed by atoms with Crippen LogP contribution in [0.15, 0.2) is 35.2 Å². The van der Waals surface area contributed by atoms with Gasteiger partial charge in [-0.1, -0.05) is 18.2 Å². The van der Waals surface area contributed by atoms with Crippen molar-refractivity contribution in [3.05, 3.63) is 30.3 Å². The van der Waals surface area contributed by atoms with Gasteiger partial charge in [-0.15, -0.1) is 0 Å². The predicted octanol–water partition coefficient (Wildman–Crippen LogP) is 2.26. The summed E-state index contributed by atoms with van der Waals surface area (Å²) in [7, 11) is -10.3. The first kappa shape index (κ1) is 12.4. The number of rotatable bonds is 1. The van der Waals surface area contributed by atoms with E-state index in [1.54, 1.807) is 0 Å². The van der Waals surface area contributed by atoms with Gasteiger partial charge < -0.3 is 0 Å². The second kappa shape index (κ2) is 4.05. The van der Waals surface area contributed by atoms with Crippen LogP contribution in [0.3, 0.4) is 0 Å². The molecule has 15 heavy (non-hydrogen) atoms. The van der Waals surface area contributed by atoms with Crippen LogP contribution in [0, 0.1) is 0 Å². The Kier molecular flexibility index (Phi) is 3.34. The number of hydrogen-bond donors (Lipinski definition) is 2. The van der Waals surface area contributed by atoms with Gasteiger partial charge in [0.2, 0.25) is 0 Å². The molecule has 3 nitrogen and oxygen atoms in total. The highest BCUT2D eigenvalue weighted by molar-refractivity contribution is 8.48. The highest BCUT2D eigenvalue weighted by Crippen LogP contribution is 2.21. The SMILES string of the molecule is O=S(O)(O)=S(F)(=C(F)F)c1ccccc1. The summed E-state index contributed by atoms with van der Waals surface area (Å²) in [6.45, 7) is 0. The van der Waals surface area contributed by atoms with Gasteiger partial charge in [0.25, 0.3) is 9.05 Å². The summed E-state index contributed by atoms with van der Waals surface area (Å²) in [5.41, 5.74) is 0. The lowest BCUT2D eigenvalue weighted by molar-refractivity contribution is 0.448. The average Bonchev–Trinajstić information content (AvgIpc) is 2.16. The molecule has 86 valence electrons. The summed E-state index contributed by atoms with van der Waals surface area (Å²) < 4.78 is 66.3. The van der Waals surface area contributed by atoms with Gasteiger partial charge in [-0.25, -0.2) is 4.21 Å². The normalized spacial score (nSPS) is 15.8. The first-order chi connectivity index (χ1) is 6.80. The van der Waals surface area contributed by atoms with Crippen LogP contribution < -0.4 is 0 Å². The molecule has 1 atom stereocenters. The monoisotopic (exact) mass is 260 g/mol. The summed E-state index contributed by atoms with van der Waals surface area (Å²) in [6, 6.07) is 5.72. The van der Waals surface area contributed by atoms with Crippen molar-refractivity contribution in [3.8, 4) is 0 Å². The number of hydrogen-bond acceptors (Lipinski definition) is 1. The van der Waals surface area contributed by atoms with Crippen molar-refractivity contribution in [1.82, 2.24) is 0 Å². The fraction of sp³-hybridized carbons (Fsp3) is 0. The van der Waals surface area contributed by atoms with Crippen LogP contribution in [0.4, 0.5) is 12.7 Å². The predicted molar refractivity (Wildman–Crippen MR) is 53.8 cm³/mol. The van der Waals surface area contributed by atoms with Gasteiger partial charge in [0.15, 0.2) is 0 Å². The molecule has 0 aliphatic heterocycles. The van der Waals surface area contributed by atoms with Crippen LogP contribution in [-0.2, 0) is 17.6 Å². The second-order valence-electron chi connectivity index (χ2n) is 2.47. The van der Waals surface area contributed by atoms with Gasteiger partial charge in [-0.2, -0.15) is 12.7 Å². The Hall–Kier alpha value is -0.700. The molecule has 8 heteroatoms. The lowest BCUT2D eigenvalue weighted by Crippen LogP contribution is -2.13. The number of benzene rings is 1. The molecular weight excluding hydrogens is 253 g/mol. The highest BCUT2D eigenvalue weighted by Gasteiger charge is 2.23. The van der Waals surface area contributed by atoms with E-state index in [2.05, 4.69) is 0 Å². The Balaban J connectivity index is 3.92. The molecule has 0 saturated carbocycles. The summed E-state index contributed by atoms with van der Waals surface area (Å²) in [4.78, 5) is -0.694. The fourth-order valence-corrected chi connectivity index (χ4v) is 3.57. The van der Waals surface area contributed by atoms with Crippen molar-refractivity contribution in [1.29, 1.82) is 0 Å². The molecule has 0 aromatic heterocycles. The summed E-state index contributed by atoms with van der Waals surface area (Å²) in [6.07, 6.45) is 0. The van der Waals surface area contributed by atoms with Crippen molar-refractivity contribution in [2.45, 2.75) is 4.90 Å². The summed E-state index contributed by atoms with van der Waals surface area (Å²) in [5, 5.41) is -2.89. The molecule has 1 unspecified atom stereocenters. The molecule has 0 saturated heterocycles. The largest absolute Gasteiger partial charge is 0.332 e. The fourth-order valence-electron chi connectivity index (χ4n) is 0.892. The van der Waals surface area contributed by atoms with E-state index < -0.39 is 27.9 Å². The van der Waals surface area contributed by atoms with Crippen molar-refractivity contribution < 1.29 is 26.0 Å². The van der Waals surface area contributed by atoms with E-state index >= 15 is 0 Å². The lowest BCUT2D eigenvalue weighted by Gasteiger charge is -2.08. The van der Waals surface area contributed by atoms with Crippen LogP contribution in [-0.4, -0.2) is 18.7 Å². The Labute approximate surface area is 84.7 Å². The maximum atomic E-state index is 13.7. The standard InChI is InChI=1S/C7H7F3O3S2/c8-7(9)14(10,15(11,12)13)6-4-2-1-3-5-6/h1-5H,(H2,11,12,13). The van der Waals surface area contributed by atoms with Gasteiger partial charge in [0, 0.05) is 4.90 Å². The third-order valence-corrected chi connectivity index (χ3v) is 6.17. The molecule has 0 heterocycles. The van der Waals surface area contributed by atoms with Gasteiger partial charge in [0.05, 0.1) is 0 Å². The molecule has 0 spiro atoms. The van der Waals surface area contributed by atoms with E-state index in [1.165, 1.54) is 18.2 Å². The molecular formula is C7H7F3O3S2. The molecule has 0 aliphatic rings. The van der Waals surface area contributed by atoms with Crippen molar-refractivity contribution in [2.24, 2.45) is 0 Å². The minimum atomic E-state index is -5.24. The van der Waals surface area contributed by atoms with Crippen LogP contribution in [0.1, 0.15) is 0 Å². The third-order valence-electron chi connectivity index (χ3n) is 1.54. The summed E-state index contributed by atoms with van der Waals surface area (Å²) >= 11 is 0. The zero-order valence-corrected chi connectivity index (χ0v) is 8.77. The van der Waals surface area contributed by atoms with E-state index in [-0.39, 0.29) is 0 Å². The van der Waals surface area contributed by atoms with E-state index in [4.69, 9.17) is 9.11 Å². The first-order valence-corrected chi connectivity index (χ1v) is 7.07. The molecule has 0 radical (unpaired) electrons. The zero-order valence-electron chi connectivity index (χ0n) is 7.14. The summed E-state index contributed by atoms with van der Waals surface area (Å²) in [5.74, 6) is 0. The first-order valence-electron chi connectivity index (χ1n) is 3.55. The maximum absolute atomic E-state index is 13.7. The van der Waals surface area contributed by atoms with Crippen molar-refractivity contribution in [2.75, 3.05) is 0 Å². The Morgan fingerprint density at radius 2 is 1.60 bits per heavy atom. The van der Waals surface area contributed by atoms with E-state index in [0.717, 1.165) is 12.1 Å². The smallest absolute Gasteiger partial charge is 0.287 e. The average molecular weight is 260 g/mol. The number of halogens is 3. The van der Waals surface area contributed by atoms with Crippen LogP contribution in [0.2, 0.25) is 0 Å². The third kappa shape index (κ3) is 2.12. The van der Waals surface area contributed by atoms with Crippen LogP contribution >= 0.6 is 0 Å². The topological polar surface area (TPSA) is 57.5 Å². The molecule has 1 aromatic carbocycles. The van der Waals surface area contributed by atoms with Gasteiger partial charge in [-0.3, -0.25) is 9.11 Å². The second-order valence-corrected chi connectivity index (χ2v) is 7.80. The zero-order chi connectivity index (χ0) is 11.7. The van der Waals surface area contributed by atoms with E-state index in [9.17, 15) is 16.9 Å². The Morgan fingerprint density at radius 3 is 1.93 bits per heavy atom. The van der Waals surface area contributed by atoms with Crippen LogP contribution in [0.25, 0.3) is 0 Å². The minimum Gasteiger partial charge on any atom is -0.287 e. The van der Waals surface area contributed by atoms with E-state index in [1.807, 2.05) is 0 Å². The molecule has 0 fully saturated rings. The molecule has 1 aromatic rings. The highest BCUT2D eigenvalue weighted by atomic mass is 32.9. The molecule has 0 amide bonds. The molecule has 1 rings (SSSR count). The van der Waals surface area contributed by atoms with Crippen LogP contribution in [0.5, 0.6) is 0 Å². The van der Waals surface area contributed by atoms with Crippen molar-refractivity contribution >= 4 is 23.0 Å². The van der Waals surface area contributed by atoms with Crippen molar-refractivity contribution in [3.63, 3.8) is 0 Å². The molecule has 0 aliphatic carbocycles. The molecule has 0 bridgehead atoms. The minimum absolute atomic E-state index is 0.694. The van der Waals surface area contributed by atoms with Gasteiger partial charge in [0.1, 0.15) is 8.56 Å².